The van der Waals surface area contributed by atoms with Crippen LogP contribution in [0.5, 0.6) is 0 Å². The second-order valence-electron chi connectivity index (χ2n) is 12.9. The SMILES string of the molecule is Cc1c(B2OC(C)(C)C(C)(C)O2)cc(CN2CCN(C(=O)OCC3c4ccccc4-c4ccccc43)CC2)cc1S(=O)(=O)F. The molecule has 3 aromatic carbocycles. The van der Waals surface area contributed by atoms with Crippen LogP contribution in [-0.4, -0.2) is 75.4 Å². The lowest BCUT2D eigenvalue weighted by Crippen LogP contribution is -2.48. The van der Waals surface area contributed by atoms with Crippen molar-refractivity contribution >= 4 is 28.9 Å². The van der Waals surface area contributed by atoms with E-state index in [2.05, 4.69) is 29.2 Å². The minimum absolute atomic E-state index is 0.00618. The number of hydrogen-bond donors (Lipinski definition) is 0. The molecule has 3 aliphatic rings. The third-order valence-corrected chi connectivity index (χ3v) is 10.6. The second-order valence-corrected chi connectivity index (χ2v) is 14.2. The maximum Gasteiger partial charge on any atom is 0.495 e. The molecule has 2 saturated heterocycles. The molecule has 3 aromatic rings. The molecule has 0 N–H and O–H groups in total. The summed E-state index contributed by atoms with van der Waals surface area (Å²) in [7, 11) is -5.80. The molecule has 232 valence electrons. The highest BCUT2D eigenvalue weighted by Gasteiger charge is 2.52. The lowest BCUT2D eigenvalue weighted by Gasteiger charge is -2.34. The Hall–Kier alpha value is -3.25. The summed E-state index contributed by atoms with van der Waals surface area (Å²) >= 11 is 0. The first-order valence-electron chi connectivity index (χ1n) is 15.0. The van der Waals surface area contributed by atoms with Gasteiger partial charge in [0.25, 0.3) is 0 Å². The van der Waals surface area contributed by atoms with Crippen LogP contribution in [-0.2, 0) is 30.8 Å². The van der Waals surface area contributed by atoms with E-state index in [1.54, 1.807) is 11.8 Å². The minimum atomic E-state index is -4.98. The molecule has 8 nitrogen and oxygen atoms in total. The molecule has 44 heavy (non-hydrogen) atoms. The van der Waals surface area contributed by atoms with Gasteiger partial charge in [0.1, 0.15) is 11.5 Å². The summed E-state index contributed by atoms with van der Waals surface area (Å²) in [5, 5.41) is 0. The van der Waals surface area contributed by atoms with E-state index in [1.165, 1.54) is 28.3 Å². The zero-order valence-electron chi connectivity index (χ0n) is 25.8. The van der Waals surface area contributed by atoms with Crippen molar-refractivity contribution < 1.29 is 31.1 Å². The zero-order valence-corrected chi connectivity index (χ0v) is 26.6. The van der Waals surface area contributed by atoms with E-state index in [9.17, 15) is 17.1 Å². The first-order chi connectivity index (χ1) is 20.7. The fourth-order valence-electron chi connectivity index (χ4n) is 6.36. The first kappa shape index (κ1) is 30.8. The van der Waals surface area contributed by atoms with Crippen molar-refractivity contribution in [3.63, 3.8) is 0 Å². The lowest BCUT2D eigenvalue weighted by atomic mass is 9.75. The van der Waals surface area contributed by atoms with Crippen LogP contribution in [0.15, 0.2) is 65.6 Å². The Morgan fingerprint density at radius 1 is 0.932 bits per heavy atom. The van der Waals surface area contributed by atoms with Crippen molar-refractivity contribution in [2.75, 3.05) is 32.8 Å². The Labute approximate surface area is 259 Å². The summed E-state index contributed by atoms with van der Waals surface area (Å²) in [5.41, 5.74) is 4.82. The molecule has 0 atom stereocenters. The molecule has 2 aliphatic heterocycles. The molecule has 0 aromatic heterocycles. The number of fused-ring (bicyclic) bond motifs is 3. The normalized spacial score (nSPS) is 19.6. The number of hydrogen-bond acceptors (Lipinski definition) is 7. The first-order valence-corrected chi connectivity index (χ1v) is 16.4. The van der Waals surface area contributed by atoms with Crippen LogP contribution in [0.4, 0.5) is 8.68 Å². The highest BCUT2D eigenvalue weighted by atomic mass is 32.3. The highest BCUT2D eigenvalue weighted by molar-refractivity contribution is 7.86. The van der Waals surface area contributed by atoms with Gasteiger partial charge in [0, 0.05) is 38.6 Å². The number of ether oxygens (including phenoxy) is 1. The second kappa shape index (κ2) is 11.3. The number of piperazine rings is 1. The Balaban J connectivity index is 1.11. The Bertz CT molecular complexity index is 1640. The number of amides is 1. The number of rotatable bonds is 6. The third-order valence-electron chi connectivity index (χ3n) is 9.60. The molecular formula is C33H38BFN2O6S. The summed E-state index contributed by atoms with van der Waals surface area (Å²) in [4.78, 5) is 16.5. The number of carbonyl (C=O) groups excluding carboxylic acids is 1. The van der Waals surface area contributed by atoms with Crippen molar-refractivity contribution in [2.24, 2.45) is 0 Å². The maximum absolute atomic E-state index is 14.4. The molecule has 2 fully saturated rings. The van der Waals surface area contributed by atoms with Gasteiger partial charge >= 0.3 is 23.4 Å². The Kier molecular flexibility index (Phi) is 7.89. The van der Waals surface area contributed by atoms with E-state index in [-0.39, 0.29) is 29.1 Å². The van der Waals surface area contributed by atoms with E-state index in [0.717, 1.165) is 0 Å². The molecule has 0 saturated carbocycles. The number of nitrogens with zero attached hydrogens (tertiary/aromatic N) is 2. The van der Waals surface area contributed by atoms with Gasteiger partial charge in [-0.15, -0.1) is 3.89 Å². The zero-order chi connectivity index (χ0) is 31.4. The summed E-state index contributed by atoms with van der Waals surface area (Å²) in [6, 6.07) is 19.7. The average molecular weight is 621 g/mol. The molecule has 6 rings (SSSR count). The molecule has 0 bridgehead atoms. The van der Waals surface area contributed by atoms with Crippen LogP contribution in [0.25, 0.3) is 11.1 Å². The summed E-state index contributed by atoms with van der Waals surface area (Å²) in [6.45, 7) is 11.9. The Morgan fingerprint density at radius 2 is 1.48 bits per heavy atom. The number of halogens is 1. The maximum atomic E-state index is 14.4. The van der Waals surface area contributed by atoms with E-state index in [4.69, 9.17) is 14.0 Å². The van der Waals surface area contributed by atoms with Crippen molar-refractivity contribution in [1.82, 2.24) is 9.80 Å². The van der Waals surface area contributed by atoms with Crippen molar-refractivity contribution in [1.29, 1.82) is 0 Å². The number of carbonyl (C=O) groups is 1. The molecule has 1 aliphatic carbocycles. The van der Waals surface area contributed by atoms with Gasteiger partial charge < -0.3 is 18.9 Å². The fourth-order valence-corrected chi connectivity index (χ4v) is 7.14. The predicted molar refractivity (Wildman–Crippen MR) is 167 cm³/mol. The third kappa shape index (κ3) is 5.66. The molecule has 11 heteroatoms. The van der Waals surface area contributed by atoms with Crippen LogP contribution in [0.3, 0.4) is 0 Å². The van der Waals surface area contributed by atoms with Crippen molar-refractivity contribution in [3.8, 4) is 11.1 Å². The summed E-state index contributed by atoms with van der Waals surface area (Å²) in [5.74, 6) is -0.00618. The van der Waals surface area contributed by atoms with Crippen LogP contribution >= 0.6 is 0 Å². The highest BCUT2D eigenvalue weighted by Crippen LogP contribution is 2.44. The standard InChI is InChI=1S/C33H38BFN2O6S/c1-22-29(34-42-32(2,3)33(4,5)43-34)18-23(19-30(22)44(35,39)40)20-36-14-16-37(17-15-36)31(38)41-21-28-26-12-8-6-10-24(26)25-11-7-9-13-27(25)28/h6-13,18-19,28H,14-17,20-21H2,1-5H3. The van der Waals surface area contributed by atoms with Gasteiger partial charge in [-0.25, -0.2) is 4.79 Å². The molecular weight excluding hydrogens is 582 g/mol. The van der Waals surface area contributed by atoms with Gasteiger partial charge in [0.15, 0.2) is 0 Å². The largest absolute Gasteiger partial charge is 0.495 e. The molecule has 0 unspecified atom stereocenters. The van der Waals surface area contributed by atoms with Crippen LogP contribution in [0, 0.1) is 6.92 Å². The van der Waals surface area contributed by atoms with E-state index >= 15 is 0 Å². The smallest absolute Gasteiger partial charge is 0.448 e. The van der Waals surface area contributed by atoms with E-state index in [1.807, 2.05) is 58.0 Å². The predicted octanol–water partition coefficient (Wildman–Crippen LogP) is 5.02. The average Bonchev–Trinajstić information content (AvgIpc) is 3.41. The van der Waals surface area contributed by atoms with Gasteiger partial charge in [0.2, 0.25) is 0 Å². The molecule has 1 amide bonds. The Morgan fingerprint density at radius 3 is 2.02 bits per heavy atom. The van der Waals surface area contributed by atoms with Crippen molar-refractivity contribution in [2.45, 2.75) is 63.2 Å². The topological polar surface area (TPSA) is 85.4 Å². The van der Waals surface area contributed by atoms with Crippen molar-refractivity contribution in [3.05, 3.63) is 82.9 Å². The summed E-state index contributed by atoms with van der Waals surface area (Å²) < 4.78 is 56.8. The molecule has 0 spiro atoms. The fraction of sp³-hybridized carbons (Fsp3) is 0.424. The summed E-state index contributed by atoms with van der Waals surface area (Å²) in [6.07, 6.45) is -0.351. The van der Waals surface area contributed by atoms with Gasteiger partial charge in [-0.1, -0.05) is 54.6 Å². The molecule has 2 heterocycles. The van der Waals surface area contributed by atoms with Crippen LogP contribution in [0.1, 0.15) is 55.9 Å². The van der Waals surface area contributed by atoms with E-state index < -0.39 is 28.5 Å². The lowest BCUT2D eigenvalue weighted by molar-refractivity contribution is 0.00578. The quantitative estimate of drug-likeness (QED) is 0.283. The molecule has 0 radical (unpaired) electrons. The van der Waals surface area contributed by atoms with Gasteiger partial charge in [0.05, 0.1) is 11.2 Å². The number of benzene rings is 3. The van der Waals surface area contributed by atoms with Crippen LogP contribution in [0.2, 0.25) is 0 Å². The van der Waals surface area contributed by atoms with Gasteiger partial charge in [-0.3, -0.25) is 4.90 Å². The minimum Gasteiger partial charge on any atom is -0.448 e. The van der Waals surface area contributed by atoms with Gasteiger partial charge in [-0.2, -0.15) is 8.42 Å². The monoisotopic (exact) mass is 620 g/mol. The van der Waals surface area contributed by atoms with E-state index in [0.29, 0.717) is 43.8 Å². The van der Waals surface area contributed by atoms with Crippen LogP contribution < -0.4 is 5.46 Å². The van der Waals surface area contributed by atoms with Gasteiger partial charge in [-0.05, 0) is 79.5 Å².